The lowest BCUT2D eigenvalue weighted by Gasteiger charge is -2.18. The van der Waals surface area contributed by atoms with Crippen molar-refractivity contribution in [3.63, 3.8) is 0 Å². The second-order valence-electron chi connectivity index (χ2n) is 5.35. The van der Waals surface area contributed by atoms with Crippen molar-refractivity contribution < 1.29 is 4.74 Å². The van der Waals surface area contributed by atoms with Gasteiger partial charge < -0.3 is 10.1 Å². The molecule has 0 unspecified atom stereocenters. The summed E-state index contributed by atoms with van der Waals surface area (Å²) in [7, 11) is 1.85. The maximum absolute atomic E-state index is 6.05. The van der Waals surface area contributed by atoms with Gasteiger partial charge in [-0.25, -0.2) is 9.97 Å². The summed E-state index contributed by atoms with van der Waals surface area (Å²) in [5.41, 5.74) is 2.03. The van der Waals surface area contributed by atoms with Gasteiger partial charge >= 0.3 is 0 Å². The van der Waals surface area contributed by atoms with Gasteiger partial charge in [0, 0.05) is 19.7 Å². The maximum Gasteiger partial charge on any atom is 0.165 e. The van der Waals surface area contributed by atoms with Gasteiger partial charge in [0.15, 0.2) is 5.82 Å². The molecule has 1 N–H and O–H groups in total. The van der Waals surface area contributed by atoms with Crippen molar-refractivity contribution in [2.24, 2.45) is 0 Å². The van der Waals surface area contributed by atoms with E-state index in [2.05, 4.69) is 35.2 Å². The third kappa shape index (κ3) is 2.14. The second kappa shape index (κ2) is 4.23. The van der Waals surface area contributed by atoms with E-state index >= 15 is 0 Å². The standard InChI is InChI=1S/C15H17N3O/c1-15(2)9-10-5-4-6-11(13(10)19-15)14-17-8-7-12(16-3)18-14/h4-8H,9H2,1-3H3,(H,16,17,18). The quantitative estimate of drug-likeness (QED) is 0.896. The lowest BCUT2D eigenvalue weighted by molar-refractivity contribution is 0.139. The molecule has 2 aromatic rings. The third-order valence-corrected chi connectivity index (χ3v) is 3.24. The van der Waals surface area contributed by atoms with Crippen LogP contribution in [0.25, 0.3) is 11.4 Å². The number of aromatic nitrogens is 2. The molecule has 1 aliphatic rings. The van der Waals surface area contributed by atoms with Crippen molar-refractivity contribution in [2.75, 3.05) is 12.4 Å². The average Bonchev–Trinajstić information content (AvgIpc) is 2.72. The molecule has 1 aliphatic heterocycles. The molecule has 0 bridgehead atoms. The summed E-state index contributed by atoms with van der Waals surface area (Å²) in [6.07, 6.45) is 2.68. The van der Waals surface area contributed by atoms with Gasteiger partial charge in [0.05, 0.1) is 5.56 Å². The van der Waals surface area contributed by atoms with Crippen LogP contribution < -0.4 is 10.1 Å². The van der Waals surface area contributed by atoms with E-state index < -0.39 is 0 Å². The molecule has 4 nitrogen and oxygen atoms in total. The zero-order chi connectivity index (χ0) is 13.5. The van der Waals surface area contributed by atoms with Crippen molar-refractivity contribution in [1.29, 1.82) is 0 Å². The Hall–Kier alpha value is -2.10. The Bertz CT molecular complexity index is 623. The smallest absolute Gasteiger partial charge is 0.165 e. The van der Waals surface area contributed by atoms with Gasteiger partial charge in [-0.1, -0.05) is 12.1 Å². The highest BCUT2D eigenvalue weighted by Gasteiger charge is 2.32. The summed E-state index contributed by atoms with van der Waals surface area (Å²) in [5.74, 6) is 2.42. The molecule has 98 valence electrons. The topological polar surface area (TPSA) is 47.0 Å². The molecule has 1 aromatic heterocycles. The van der Waals surface area contributed by atoms with Crippen molar-refractivity contribution >= 4 is 5.82 Å². The average molecular weight is 255 g/mol. The number of nitrogens with zero attached hydrogens (tertiary/aromatic N) is 2. The zero-order valence-electron chi connectivity index (χ0n) is 11.4. The fraction of sp³-hybridized carbons (Fsp3) is 0.333. The molecule has 0 fully saturated rings. The Balaban J connectivity index is 2.10. The number of ether oxygens (including phenoxy) is 1. The predicted molar refractivity (Wildman–Crippen MR) is 75.4 cm³/mol. The largest absolute Gasteiger partial charge is 0.486 e. The van der Waals surface area contributed by atoms with Crippen molar-refractivity contribution in [1.82, 2.24) is 9.97 Å². The number of hydrogen-bond donors (Lipinski definition) is 1. The van der Waals surface area contributed by atoms with Gasteiger partial charge in [-0.15, -0.1) is 0 Å². The molecular formula is C15H17N3O. The lowest BCUT2D eigenvalue weighted by atomic mass is 10.0. The first-order valence-electron chi connectivity index (χ1n) is 6.41. The molecule has 0 amide bonds. The molecule has 3 rings (SSSR count). The summed E-state index contributed by atoms with van der Waals surface area (Å²) < 4.78 is 6.05. The van der Waals surface area contributed by atoms with Crippen molar-refractivity contribution in [2.45, 2.75) is 25.9 Å². The minimum absolute atomic E-state index is 0.154. The van der Waals surface area contributed by atoms with Crippen LogP contribution in [0.3, 0.4) is 0 Å². The lowest BCUT2D eigenvalue weighted by Crippen LogP contribution is -2.24. The minimum Gasteiger partial charge on any atom is -0.486 e. The van der Waals surface area contributed by atoms with Crippen LogP contribution in [0.5, 0.6) is 5.75 Å². The van der Waals surface area contributed by atoms with Crippen LogP contribution in [0, 0.1) is 0 Å². The van der Waals surface area contributed by atoms with Gasteiger partial charge in [0.2, 0.25) is 0 Å². The van der Waals surface area contributed by atoms with Gasteiger partial charge in [0.1, 0.15) is 17.2 Å². The highest BCUT2D eigenvalue weighted by molar-refractivity contribution is 5.68. The second-order valence-corrected chi connectivity index (χ2v) is 5.35. The molecule has 0 aliphatic carbocycles. The van der Waals surface area contributed by atoms with E-state index in [0.717, 1.165) is 23.6 Å². The Morgan fingerprint density at radius 3 is 2.89 bits per heavy atom. The fourth-order valence-corrected chi connectivity index (χ4v) is 2.42. The van der Waals surface area contributed by atoms with E-state index in [1.54, 1.807) is 6.20 Å². The zero-order valence-corrected chi connectivity index (χ0v) is 11.4. The summed E-state index contributed by atoms with van der Waals surface area (Å²) in [5, 5.41) is 3.03. The predicted octanol–water partition coefficient (Wildman–Crippen LogP) is 2.90. The molecule has 0 atom stereocenters. The van der Waals surface area contributed by atoms with Gasteiger partial charge in [-0.05, 0) is 31.5 Å². The van der Waals surface area contributed by atoms with Gasteiger partial charge in [0.25, 0.3) is 0 Å². The highest BCUT2D eigenvalue weighted by Crippen LogP contribution is 2.41. The molecule has 1 aromatic carbocycles. The van der Waals surface area contributed by atoms with Crippen LogP contribution in [-0.2, 0) is 6.42 Å². The van der Waals surface area contributed by atoms with E-state index in [-0.39, 0.29) is 5.60 Å². The van der Waals surface area contributed by atoms with E-state index in [9.17, 15) is 0 Å². The van der Waals surface area contributed by atoms with Gasteiger partial charge in [-0.3, -0.25) is 0 Å². The Morgan fingerprint density at radius 1 is 1.26 bits per heavy atom. The molecule has 4 heteroatoms. The number of benzene rings is 1. The molecular weight excluding hydrogens is 238 g/mol. The van der Waals surface area contributed by atoms with Crippen LogP contribution in [-0.4, -0.2) is 22.6 Å². The summed E-state index contributed by atoms with van der Waals surface area (Å²) in [6, 6.07) is 8.00. The first-order valence-corrected chi connectivity index (χ1v) is 6.41. The Labute approximate surface area is 112 Å². The SMILES string of the molecule is CNc1ccnc(-c2cccc3c2OC(C)(C)C3)n1. The number of fused-ring (bicyclic) bond motifs is 1. The first-order chi connectivity index (χ1) is 9.09. The molecule has 0 radical (unpaired) electrons. The molecule has 2 heterocycles. The number of hydrogen-bond acceptors (Lipinski definition) is 4. The molecule has 0 saturated heterocycles. The van der Waals surface area contributed by atoms with Crippen LogP contribution in [0.15, 0.2) is 30.5 Å². The highest BCUT2D eigenvalue weighted by atomic mass is 16.5. The molecule has 0 saturated carbocycles. The number of nitrogens with one attached hydrogen (secondary N) is 1. The summed E-state index contributed by atoms with van der Waals surface area (Å²) in [6.45, 7) is 4.20. The Morgan fingerprint density at radius 2 is 2.11 bits per heavy atom. The van der Waals surface area contributed by atoms with Crippen molar-refractivity contribution in [3.05, 3.63) is 36.0 Å². The van der Waals surface area contributed by atoms with E-state index in [1.165, 1.54) is 5.56 Å². The van der Waals surface area contributed by atoms with E-state index in [1.807, 2.05) is 25.2 Å². The van der Waals surface area contributed by atoms with Crippen LogP contribution in [0.4, 0.5) is 5.82 Å². The van der Waals surface area contributed by atoms with Gasteiger partial charge in [-0.2, -0.15) is 0 Å². The minimum atomic E-state index is -0.154. The first kappa shape index (κ1) is 12.0. The molecule has 19 heavy (non-hydrogen) atoms. The third-order valence-electron chi connectivity index (χ3n) is 3.24. The van der Waals surface area contributed by atoms with Crippen molar-refractivity contribution in [3.8, 4) is 17.1 Å². The van der Waals surface area contributed by atoms with Crippen LogP contribution in [0.2, 0.25) is 0 Å². The van der Waals surface area contributed by atoms with Crippen LogP contribution in [0.1, 0.15) is 19.4 Å². The number of rotatable bonds is 2. The fourth-order valence-electron chi connectivity index (χ4n) is 2.42. The maximum atomic E-state index is 6.05. The van der Waals surface area contributed by atoms with E-state index in [0.29, 0.717) is 5.82 Å². The summed E-state index contributed by atoms with van der Waals surface area (Å²) >= 11 is 0. The normalized spacial score (nSPS) is 15.7. The number of para-hydroxylation sites is 1. The molecule has 0 spiro atoms. The van der Waals surface area contributed by atoms with Crippen LogP contribution >= 0.6 is 0 Å². The monoisotopic (exact) mass is 255 g/mol. The number of anilines is 1. The Kier molecular flexibility index (Phi) is 2.66. The summed E-state index contributed by atoms with van der Waals surface area (Å²) in [4.78, 5) is 8.84. The van der Waals surface area contributed by atoms with E-state index in [4.69, 9.17) is 4.74 Å².